The Bertz CT molecular complexity index is 349. The van der Waals surface area contributed by atoms with E-state index in [2.05, 4.69) is 48.5 Å². The van der Waals surface area contributed by atoms with Crippen LogP contribution in [-0.4, -0.2) is 32.2 Å². The molecule has 0 bridgehead atoms. The van der Waals surface area contributed by atoms with Crippen molar-refractivity contribution >= 4 is 40.9 Å². The van der Waals surface area contributed by atoms with Gasteiger partial charge in [-0.1, -0.05) is 0 Å². The molecule has 2 aromatic carbocycles. The summed E-state index contributed by atoms with van der Waals surface area (Å²) in [5.41, 5.74) is 0. The maximum absolute atomic E-state index is 5.86. The van der Waals surface area contributed by atoms with E-state index < -0.39 is 0 Å². The molecule has 0 aliphatic rings. The van der Waals surface area contributed by atoms with Crippen molar-refractivity contribution in [3.63, 3.8) is 0 Å². The molecule has 2 unspecified atom stereocenters. The Labute approximate surface area is 104 Å². The maximum atomic E-state index is 5.86. The molecule has 2 atom stereocenters. The third-order valence-corrected chi connectivity index (χ3v) is 6.93. The molecule has 0 saturated heterocycles. The minimum atomic E-state index is -0.377. The van der Waals surface area contributed by atoms with E-state index in [1.165, 1.54) is 8.70 Å². The van der Waals surface area contributed by atoms with Gasteiger partial charge in [-0.05, 0) is 0 Å². The van der Waals surface area contributed by atoms with Gasteiger partial charge >= 0.3 is 104 Å². The van der Waals surface area contributed by atoms with Crippen LogP contribution in [0.25, 0.3) is 0 Å². The van der Waals surface area contributed by atoms with Crippen LogP contribution in [0.15, 0.2) is 60.7 Å². The third-order valence-electron chi connectivity index (χ3n) is 1.89. The van der Waals surface area contributed by atoms with Crippen LogP contribution in [0.3, 0.4) is 0 Å². The summed E-state index contributed by atoms with van der Waals surface area (Å²) >= 11 is -0.753. The van der Waals surface area contributed by atoms with Crippen LogP contribution in [0.1, 0.15) is 0 Å². The molecule has 0 N–H and O–H groups in total. The number of benzene rings is 2. The van der Waals surface area contributed by atoms with Crippen molar-refractivity contribution in [2.24, 2.45) is 0 Å². The van der Waals surface area contributed by atoms with E-state index in [0.29, 0.717) is 0 Å². The van der Waals surface area contributed by atoms with Crippen LogP contribution in [-0.2, 0) is 2.72 Å². The second-order valence-electron chi connectivity index (χ2n) is 3.04. The summed E-state index contributed by atoms with van der Waals surface area (Å²) in [5.74, 6) is 0. The predicted molar refractivity (Wildman–Crippen MR) is 67.5 cm³/mol. The van der Waals surface area contributed by atoms with Gasteiger partial charge in [0.1, 0.15) is 0 Å². The molecular weight excluding hydrogens is 310 g/mol. The average Bonchev–Trinajstić information content (AvgIpc) is 2.32. The molecule has 0 fully saturated rings. The average molecular weight is 322 g/mol. The van der Waals surface area contributed by atoms with Gasteiger partial charge in [0, 0.05) is 0 Å². The molecule has 3 heteroatoms. The van der Waals surface area contributed by atoms with Gasteiger partial charge in [0.05, 0.1) is 0 Å². The monoisotopic (exact) mass is 322 g/mol. The Morgan fingerprint density at radius 1 is 0.600 bits per heavy atom. The van der Waals surface area contributed by atoms with E-state index in [4.69, 9.17) is 2.72 Å². The first-order valence-electron chi connectivity index (χ1n) is 4.73. The van der Waals surface area contributed by atoms with Gasteiger partial charge in [-0.2, -0.15) is 0 Å². The van der Waals surface area contributed by atoms with Gasteiger partial charge in [-0.15, -0.1) is 0 Å². The van der Waals surface area contributed by atoms with Crippen LogP contribution in [0.2, 0.25) is 0 Å². The van der Waals surface area contributed by atoms with E-state index in [1.54, 1.807) is 0 Å². The zero-order valence-electron chi connectivity index (χ0n) is 8.18. The quantitative estimate of drug-likeness (QED) is 0.739. The van der Waals surface area contributed by atoms with Gasteiger partial charge in [0.15, 0.2) is 0 Å². The minimum absolute atomic E-state index is 0.377. The topological polar surface area (TPSA) is 9.23 Å². The Morgan fingerprint density at radius 2 is 1.00 bits per heavy atom. The summed E-state index contributed by atoms with van der Waals surface area (Å²) in [6.07, 6.45) is 0. The first kappa shape index (κ1) is 11.0. The Morgan fingerprint density at radius 3 is 1.40 bits per heavy atom. The van der Waals surface area contributed by atoms with Crippen LogP contribution in [0.5, 0.6) is 0 Å². The molecule has 2 aromatic rings. The number of hydrogen-bond acceptors (Lipinski definition) is 1. The molecule has 15 heavy (non-hydrogen) atoms. The van der Waals surface area contributed by atoms with Crippen LogP contribution >= 0.6 is 0 Å². The fraction of sp³-hybridized carbons (Fsp3) is 0. The van der Waals surface area contributed by atoms with Gasteiger partial charge in [-0.3, -0.25) is 0 Å². The van der Waals surface area contributed by atoms with E-state index >= 15 is 0 Å². The van der Waals surface area contributed by atoms with Crippen molar-refractivity contribution in [1.82, 2.24) is 0 Å². The zero-order valence-corrected chi connectivity index (χ0v) is 12.4. The molecule has 0 spiro atoms. The van der Waals surface area contributed by atoms with Gasteiger partial charge in [0.2, 0.25) is 0 Å². The SMILES string of the molecule is c1ccc([AsH]O[AsH]c2ccccc2)cc1. The fourth-order valence-electron chi connectivity index (χ4n) is 1.16. The summed E-state index contributed by atoms with van der Waals surface area (Å²) in [7, 11) is 0. The second kappa shape index (κ2) is 6.18. The molecule has 0 aliphatic heterocycles. The zero-order chi connectivity index (χ0) is 10.3. The number of hydrogen-bond donors (Lipinski definition) is 0. The van der Waals surface area contributed by atoms with Gasteiger partial charge in [0.25, 0.3) is 0 Å². The summed E-state index contributed by atoms with van der Waals surface area (Å²) in [4.78, 5) is 0. The summed E-state index contributed by atoms with van der Waals surface area (Å²) in [6, 6.07) is 21.0. The molecule has 0 radical (unpaired) electrons. The van der Waals surface area contributed by atoms with E-state index in [0.717, 1.165) is 0 Å². The summed E-state index contributed by atoms with van der Waals surface area (Å²) in [5, 5.41) is 0. The van der Waals surface area contributed by atoms with Crippen molar-refractivity contribution in [3.8, 4) is 0 Å². The Kier molecular flexibility index (Phi) is 4.54. The Balaban J connectivity index is 1.81. The fourth-order valence-corrected chi connectivity index (χ4v) is 6.26. The van der Waals surface area contributed by atoms with Crippen LogP contribution in [0, 0.1) is 0 Å². The van der Waals surface area contributed by atoms with Crippen molar-refractivity contribution in [3.05, 3.63) is 60.7 Å². The molecule has 0 amide bonds. The molecule has 0 aliphatic carbocycles. The molecule has 0 heterocycles. The second-order valence-corrected chi connectivity index (χ2v) is 8.97. The summed E-state index contributed by atoms with van der Waals surface area (Å²) in [6.45, 7) is 0. The third kappa shape index (κ3) is 3.87. The summed E-state index contributed by atoms with van der Waals surface area (Å²) < 4.78 is 8.60. The first-order chi connectivity index (χ1) is 7.45. The van der Waals surface area contributed by atoms with Gasteiger partial charge < -0.3 is 0 Å². The van der Waals surface area contributed by atoms with Crippen molar-refractivity contribution in [2.75, 3.05) is 0 Å². The van der Waals surface area contributed by atoms with Crippen molar-refractivity contribution in [1.29, 1.82) is 0 Å². The van der Waals surface area contributed by atoms with Crippen molar-refractivity contribution in [2.45, 2.75) is 0 Å². The number of rotatable bonds is 4. The normalized spacial score (nSPS) is 11.7. The first-order valence-corrected chi connectivity index (χ1v) is 8.54. The molecule has 0 aromatic heterocycles. The van der Waals surface area contributed by atoms with E-state index in [-0.39, 0.29) is 32.2 Å². The van der Waals surface area contributed by atoms with Crippen LogP contribution < -0.4 is 8.70 Å². The molecular formula is C12H12As2O. The van der Waals surface area contributed by atoms with E-state index in [9.17, 15) is 0 Å². The van der Waals surface area contributed by atoms with Crippen molar-refractivity contribution < 1.29 is 2.72 Å². The standard InChI is InChI=1S/C12H12As2O/c1-3-7-11(8-4-1)13-15-14-12-9-5-2-6-10-12/h1-10,13-14H. The molecule has 76 valence electrons. The molecule has 2 rings (SSSR count). The Hall–Kier alpha value is -0.483. The van der Waals surface area contributed by atoms with Crippen LogP contribution in [0.4, 0.5) is 0 Å². The van der Waals surface area contributed by atoms with Gasteiger partial charge in [-0.25, -0.2) is 0 Å². The predicted octanol–water partition coefficient (Wildman–Crippen LogP) is 0.357. The van der Waals surface area contributed by atoms with E-state index in [1.807, 2.05) is 12.1 Å². The molecule has 1 nitrogen and oxygen atoms in total. The molecule has 0 saturated carbocycles.